The predicted molar refractivity (Wildman–Crippen MR) is 51.8 cm³/mol. The number of esters is 1. The quantitative estimate of drug-likeness (QED) is 0.604. The van der Waals surface area contributed by atoms with E-state index in [4.69, 9.17) is 4.74 Å². The fraction of sp³-hybridized carbons (Fsp3) is 0.800. The van der Waals surface area contributed by atoms with E-state index in [1.54, 1.807) is 21.0 Å². The summed E-state index contributed by atoms with van der Waals surface area (Å²) in [7, 11) is 2.87. The molecule has 0 saturated heterocycles. The van der Waals surface area contributed by atoms with Gasteiger partial charge in [0.05, 0.1) is 19.6 Å². The fourth-order valence-electron chi connectivity index (χ4n) is 1.13. The Bertz CT molecular complexity index is 200. The van der Waals surface area contributed by atoms with Crippen LogP contribution in [-0.2, 0) is 19.1 Å². The lowest BCUT2D eigenvalue weighted by atomic mass is 9.97. The zero-order chi connectivity index (χ0) is 11.1. The van der Waals surface area contributed by atoms with E-state index in [2.05, 4.69) is 4.74 Å². The van der Waals surface area contributed by atoms with Crippen LogP contribution in [-0.4, -0.2) is 32.6 Å². The van der Waals surface area contributed by atoms with E-state index >= 15 is 0 Å². The molecule has 2 unspecified atom stereocenters. The molecule has 82 valence electrons. The SMILES string of the molecule is COCC(C)C(=O)CC(C)C(=O)OC. The summed E-state index contributed by atoms with van der Waals surface area (Å²) < 4.78 is 9.39. The third-order valence-electron chi connectivity index (χ3n) is 2.08. The Morgan fingerprint density at radius 3 is 2.14 bits per heavy atom. The van der Waals surface area contributed by atoms with Crippen molar-refractivity contribution < 1.29 is 19.1 Å². The zero-order valence-corrected chi connectivity index (χ0v) is 9.20. The molecule has 0 radical (unpaired) electrons. The number of ether oxygens (including phenoxy) is 2. The summed E-state index contributed by atoms with van der Waals surface area (Å²) in [5.74, 6) is -0.841. The fourth-order valence-corrected chi connectivity index (χ4v) is 1.13. The van der Waals surface area contributed by atoms with E-state index in [0.29, 0.717) is 6.61 Å². The average molecular weight is 202 g/mol. The number of hydrogen-bond donors (Lipinski definition) is 0. The second kappa shape index (κ2) is 6.54. The summed E-state index contributed by atoms with van der Waals surface area (Å²) >= 11 is 0. The summed E-state index contributed by atoms with van der Waals surface area (Å²) in [6, 6.07) is 0. The van der Waals surface area contributed by atoms with E-state index in [0.717, 1.165) is 0 Å². The lowest BCUT2D eigenvalue weighted by molar-refractivity contribution is -0.147. The Kier molecular flexibility index (Phi) is 6.12. The molecule has 0 bridgehead atoms. The van der Waals surface area contributed by atoms with Crippen molar-refractivity contribution in [2.75, 3.05) is 20.8 Å². The minimum absolute atomic E-state index is 0.0322. The van der Waals surface area contributed by atoms with Crippen molar-refractivity contribution in [1.82, 2.24) is 0 Å². The van der Waals surface area contributed by atoms with Crippen LogP contribution in [0.2, 0.25) is 0 Å². The van der Waals surface area contributed by atoms with Crippen LogP contribution < -0.4 is 0 Å². The molecule has 0 aromatic heterocycles. The van der Waals surface area contributed by atoms with Gasteiger partial charge in [-0.2, -0.15) is 0 Å². The Hall–Kier alpha value is -0.900. The van der Waals surface area contributed by atoms with Crippen LogP contribution in [0.5, 0.6) is 0 Å². The molecule has 0 aliphatic carbocycles. The van der Waals surface area contributed by atoms with Gasteiger partial charge in [0.2, 0.25) is 0 Å². The molecule has 0 rings (SSSR count). The van der Waals surface area contributed by atoms with Crippen molar-refractivity contribution in [1.29, 1.82) is 0 Å². The molecular weight excluding hydrogens is 184 g/mol. The Morgan fingerprint density at radius 2 is 1.71 bits per heavy atom. The lowest BCUT2D eigenvalue weighted by Crippen LogP contribution is -2.22. The largest absolute Gasteiger partial charge is 0.469 e. The number of hydrogen-bond acceptors (Lipinski definition) is 4. The molecular formula is C10H18O4. The van der Waals surface area contributed by atoms with Gasteiger partial charge in [0.1, 0.15) is 5.78 Å². The summed E-state index contributed by atoms with van der Waals surface area (Å²) in [6.07, 6.45) is 0.219. The first-order valence-corrected chi connectivity index (χ1v) is 4.62. The van der Waals surface area contributed by atoms with Gasteiger partial charge in [0.25, 0.3) is 0 Å². The lowest BCUT2D eigenvalue weighted by Gasteiger charge is -2.12. The van der Waals surface area contributed by atoms with Crippen LogP contribution in [0.25, 0.3) is 0 Å². The zero-order valence-electron chi connectivity index (χ0n) is 9.20. The van der Waals surface area contributed by atoms with Crippen molar-refractivity contribution in [3.63, 3.8) is 0 Å². The molecule has 0 heterocycles. The predicted octanol–water partition coefficient (Wildman–Crippen LogP) is 1.04. The van der Waals surface area contributed by atoms with Gasteiger partial charge in [-0.15, -0.1) is 0 Å². The standard InChI is InChI=1S/C10H18O4/c1-7(10(12)14-4)5-9(11)8(2)6-13-3/h7-8H,5-6H2,1-4H3. The van der Waals surface area contributed by atoms with Crippen molar-refractivity contribution in [2.24, 2.45) is 11.8 Å². The second-order valence-electron chi connectivity index (χ2n) is 3.45. The summed E-state index contributed by atoms with van der Waals surface area (Å²) in [4.78, 5) is 22.5. The third-order valence-corrected chi connectivity index (χ3v) is 2.08. The highest BCUT2D eigenvalue weighted by Gasteiger charge is 2.20. The summed E-state index contributed by atoms with van der Waals surface area (Å²) in [5.41, 5.74) is 0. The number of ketones is 1. The van der Waals surface area contributed by atoms with E-state index < -0.39 is 0 Å². The number of methoxy groups -OCH3 is 2. The molecule has 0 aromatic carbocycles. The van der Waals surface area contributed by atoms with Gasteiger partial charge in [-0.25, -0.2) is 0 Å². The van der Waals surface area contributed by atoms with Crippen molar-refractivity contribution in [3.8, 4) is 0 Å². The van der Waals surface area contributed by atoms with E-state index in [-0.39, 0.29) is 30.0 Å². The van der Waals surface area contributed by atoms with Crippen LogP contribution in [0.15, 0.2) is 0 Å². The Labute approximate surface area is 84.6 Å². The molecule has 0 aromatic rings. The highest BCUT2D eigenvalue weighted by Crippen LogP contribution is 2.10. The van der Waals surface area contributed by atoms with Crippen LogP contribution >= 0.6 is 0 Å². The van der Waals surface area contributed by atoms with Crippen LogP contribution in [0.3, 0.4) is 0 Å². The Balaban J connectivity index is 3.98. The van der Waals surface area contributed by atoms with E-state index in [1.807, 2.05) is 0 Å². The third kappa shape index (κ3) is 4.37. The maximum atomic E-state index is 11.5. The van der Waals surface area contributed by atoms with Crippen molar-refractivity contribution in [3.05, 3.63) is 0 Å². The molecule has 14 heavy (non-hydrogen) atoms. The van der Waals surface area contributed by atoms with Crippen molar-refractivity contribution in [2.45, 2.75) is 20.3 Å². The van der Waals surface area contributed by atoms with Gasteiger partial charge < -0.3 is 9.47 Å². The molecule has 0 spiro atoms. The monoisotopic (exact) mass is 202 g/mol. The van der Waals surface area contributed by atoms with Crippen LogP contribution in [0.4, 0.5) is 0 Å². The van der Waals surface area contributed by atoms with E-state index in [1.165, 1.54) is 7.11 Å². The summed E-state index contributed by atoms with van der Waals surface area (Å²) in [6.45, 7) is 3.87. The number of carbonyl (C=O) groups is 2. The molecule has 0 amide bonds. The van der Waals surface area contributed by atoms with Crippen molar-refractivity contribution >= 4 is 11.8 Å². The highest BCUT2D eigenvalue weighted by atomic mass is 16.5. The molecule has 0 N–H and O–H groups in total. The van der Waals surface area contributed by atoms with Gasteiger partial charge in [-0.05, 0) is 0 Å². The molecule has 4 heteroatoms. The molecule has 0 aliphatic rings. The van der Waals surface area contributed by atoms with Gasteiger partial charge in [0, 0.05) is 19.4 Å². The smallest absolute Gasteiger partial charge is 0.308 e. The minimum atomic E-state index is -0.369. The summed E-state index contributed by atoms with van der Waals surface area (Å²) in [5, 5.41) is 0. The number of rotatable bonds is 6. The molecule has 0 aliphatic heterocycles. The van der Waals surface area contributed by atoms with Gasteiger partial charge >= 0.3 is 5.97 Å². The average Bonchev–Trinajstić information content (AvgIpc) is 2.16. The maximum absolute atomic E-state index is 11.5. The maximum Gasteiger partial charge on any atom is 0.308 e. The topological polar surface area (TPSA) is 52.6 Å². The second-order valence-corrected chi connectivity index (χ2v) is 3.45. The minimum Gasteiger partial charge on any atom is -0.469 e. The first-order chi connectivity index (χ1) is 6.52. The molecule has 0 fully saturated rings. The highest BCUT2D eigenvalue weighted by molar-refractivity contribution is 5.85. The first-order valence-electron chi connectivity index (χ1n) is 4.62. The van der Waals surface area contributed by atoms with Gasteiger partial charge in [-0.3, -0.25) is 9.59 Å². The molecule has 0 saturated carbocycles. The van der Waals surface area contributed by atoms with Gasteiger partial charge in [-0.1, -0.05) is 13.8 Å². The molecule has 4 nitrogen and oxygen atoms in total. The van der Waals surface area contributed by atoms with Crippen LogP contribution in [0, 0.1) is 11.8 Å². The van der Waals surface area contributed by atoms with Crippen LogP contribution in [0.1, 0.15) is 20.3 Å². The first kappa shape index (κ1) is 13.1. The number of Topliss-reactive ketones (excluding diaryl/α,β-unsaturated/α-hetero) is 1. The normalized spacial score (nSPS) is 14.6. The number of carbonyl (C=O) groups excluding carboxylic acids is 2. The van der Waals surface area contributed by atoms with Gasteiger partial charge in [0.15, 0.2) is 0 Å². The molecule has 2 atom stereocenters. The Morgan fingerprint density at radius 1 is 1.14 bits per heavy atom. The van der Waals surface area contributed by atoms with E-state index in [9.17, 15) is 9.59 Å².